The van der Waals surface area contributed by atoms with Gasteiger partial charge in [-0.1, -0.05) is 78.1 Å². The highest BCUT2D eigenvalue weighted by atomic mass is 19.4. The van der Waals surface area contributed by atoms with Crippen LogP contribution in [0.5, 0.6) is 0 Å². The Morgan fingerprint density at radius 1 is 0.792 bits per heavy atom. The van der Waals surface area contributed by atoms with Crippen molar-refractivity contribution in [3.63, 3.8) is 0 Å². The van der Waals surface area contributed by atoms with Gasteiger partial charge >= 0.3 is 17.8 Å². The zero-order valence-electron chi connectivity index (χ0n) is 14.9. The second-order valence-electron chi connectivity index (χ2n) is 6.62. The number of carboxylic acids is 1. The van der Waals surface area contributed by atoms with E-state index in [1.807, 2.05) is 6.92 Å². The van der Waals surface area contributed by atoms with E-state index < -0.39 is 23.7 Å². The van der Waals surface area contributed by atoms with Gasteiger partial charge in [-0.3, -0.25) is 0 Å². The number of hydrogen-bond donors (Lipinski definition) is 1. The predicted octanol–water partition coefficient (Wildman–Crippen LogP) is 6.68. The molecule has 24 heavy (non-hydrogen) atoms. The summed E-state index contributed by atoms with van der Waals surface area (Å²) in [5, 5.41) is 8.90. The molecule has 0 saturated carbocycles. The average molecular weight is 356 g/mol. The highest BCUT2D eigenvalue weighted by Crippen LogP contribution is 2.44. The second kappa shape index (κ2) is 11.7. The van der Waals surface area contributed by atoms with Crippen molar-refractivity contribution in [1.82, 2.24) is 0 Å². The molecule has 0 fully saturated rings. The Labute approximate surface area is 143 Å². The number of halogens is 4. The van der Waals surface area contributed by atoms with Gasteiger partial charge in [0.1, 0.15) is 0 Å². The molecule has 1 N–H and O–H groups in total. The number of aliphatic carboxylic acids is 1. The van der Waals surface area contributed by atoms with Crippen molar-refractivity contribution in [2.75, 3.05) is 0 Å². The molecule has 0 aromatic rings. The van der Waals surface area contributed by atoms with Crippen LogP contribution in [0.1, 0.15) is 90.9 Å². The van der Waals surface area contributed by atoms with Crippen molar-refractivity contribution >= 4 is 5.97 Å². The molecular formula is C18H32F4O2. The summed E-state index contributed by atoms with van der Waals surface area (Å²) in [4.78, 5) is 11.1. The molecule has 0 aliphatic rings. The van der Waals surface area contributed by atoms with Gasteiger partial charge in [-0.05, 0) is 12.8 Å². The molecule has 0 aromatic carbocycles. The van der Waals surface area contributed by atoms with E-state index in [9.17, 15) is 22.4 Å². The summed E-state index contributed by atoms with van der Waals surface area (Å²) in [7, 11) is 0. The van der Waals surface area contributed by atoms with Crippen molar-refractivity contribution in [2.45, 2.75) is 103 Å². The van der Waals surface area contributed by atoms with E-state index in [1.165, 1.54) is 0 Å². The summed E-state index contributed by atoms with van der Waals surface area (Å²) >= 11 is 0. The summed E-state index contributed by atoms with van der Waals surface area (Å²) in [5.41, 5.74) is -4.14. The number of unbranched alkanes of at least 4 members (excludes halogenated alkanes) is 8. The molecule has 0 bridgehead atoms. The number of alkyl halides is 4. The zero-order valence-corrected chi connectivity index (χ0v) is 14.9. The first-order valence-electron chi connectivity index (χ1n) is 9.20. The van der Waals surface area contributed by atoms with Gasteiger partial charge in [-0.25, -0.2) is 9.18 Å². The maximum Gasteiger partial charge on any atom is 0.433 e. The summed E-state index contributed by atoms with van der Waals surface area (Å²) in [5.74, 6) is -3.91. The summed E-state index contributed by atoms with van der Waals surface area (Å²) < 4.78 is 53.7. The monoisotopic (exact) mass is 356 g/mol. The number of rotatable bonds is 14. The molecule has 0 radical (unpaired) electrons. The van der Waals surface area contributed by atoms with Crippen molar-refractivity contribution in [3.05, 3.63) is 0 Å². The number of carboxylic acid groups (broad SMARTS) is 1. The Morgan fingerprint density at radius 3 is 1.58 bits per heavy atom. The van der Waals surface area contributed by atoms with Gasteiger partial charge in [0.05, 0.1) is 0 Å². The Bertz CT molecular complexity index is 344. The van der Waals surface area contributed by atoms with Crippen molar-refractivity contribution in [1.29, 1.82) is 0 Å². The smallest absolute Gasteiger partial charge is 0.433 e. The van der Waals surface area contributed by atoms with Gasteiger partial charge in [0.15, 0.2) is 0 Å². The first-order chi connectivity index (χ1) is 11.2. The summed E-state index contributed by atoms with van der Waals surface area (Å²) in [6.07, 6.45) is 2.90. The first kappa shape index (κ1) is 23.2. The van der Waals surface area contributed by atoms with E-state index in [0.29, 0.717) is 19.3 Å². The third-order valence-corrected chi connectivity index (χ3v) is 4.60. The Hall–Kier alpha value is -0.810. The molecule has 0 amide bonds. The molecule has 0 aliphatic carbocycles. The molecule has 2 unspecified atom stereocenters. The minimum absolute atomic E-state index is 0.0280. The maximum absolute atomic E-state index is 14.5. The fraction of sp³-hybridized carbons (Fsp3) is 0.944. The highest BCUT2D eigenvalue weighted by Gasteiger charge is 2.65. The van der Waals surface area contributed by atoms with Crippen LogP contribution >= 0.6 is 0 Å². The van der Waals surface area contributed by atoms with Crippen LogP contribution in [-0.4, -0.2) is 22.9 Å². The van der Waals surface area contributed by atoms with Crippen LogP contribution in [0.25, 0.3) is 0 Å². The van der Waals surface area contributed by atoms with Gasteiger partial charge in [0.25, 0.3) is 0 Å². The minimum atomic E-state index is -5.38. The second-order valence-corrected chi connectivity index (χ2v) is 6.62. The predicted molar refractivity (Wildman–Crippen MR) is 87.8 cm³/mol. The maximum atomic E-state index is 14.5. The van der Waals surface area contributed by atoms with Crippen LogP contribution in [0.4, 0.5) is 17.6 Å². The summed E-state index contributed by atoms with van der Waals surface area (Å²) in [6.45, 7) is 4.00. The largest absolute Gasteiger partial charge is 0.479 e. The van der Waals surface area contributed by atoms with Gasteiger partial charge in [-0.2, -0.15) is 13.2 Å². The van der Waals surface area contributed by atoms with Crippen molar-refractivity contribution in [2.24, 2.45) is 5.92 Å². The Kier molecular flexibility index (Phi) is 11.3. The number of hydrogen-bond acceptors (Lipinski definition) is 1. The van der Waals surface area contributed by atoms with Gasteiger partial charge in [-0.15, -0.1) is 0 Å². The molecule has 144 valence electrons. The molecule has 0 aliphatic heterocycles. The van der Waals surface area contributed by atoms with Crippen LogP contribution in [0.15, 0.2) is 0 Å². The lowest BCUT2D eigenvalue weighted by molar-refractivity contribution is -0.252. The first-order valence-corrected chi connectivity index (χ1v) is 9.20. The van der Waals surface area contributed by atoms with E-state index in [2.05, 4.69) is 6.92 Å². The standard InChI is InChI=1S/C18H32F4O2/c1-3-5-7-8-9-10-12-14-15(13-11-6-4-2)17(19,16(23)24)18(20,21)22/h15H,3-14H2,1-2H3,(H,23,24). The quantitative estimate of drug-likeness (QED) is 0.278. The SMILES string of the molecule is CCCCCCCCCC(CCCCC)C(F)(C(=O)O)C(F)(F)F. The minimum Gasteiger partial charge on any atom is -0.479 e. The Morgan fingerprint density at radius 2 is 1.17 bits per heavy atom. The van der Waals surface area contributed by atoms with Crippen molar-refractivity contribution in [3.8, 4) is 0 Å². The molecule has 0 spiro atoms. The molecular weight excluding hydrogens is 324 g/mol. The fourth-order valence-corrected chi connectivity index (χ4v) is 3.06. The third kappa shape index (κ3) is 7.39. The third-order valence-electron chi connectivity index (χ3n) is 4.60. The van der Waals surface area contributed by atoms with Gasteiger partial charge in [0, 0.05) is 5.92 Å². The lowest BCUT2D eigenvalue weighted by atomic mass is 9.80. The lowest BCUT2D eigenvalue weighted by Gasteiger charge is -2.32. The highest BCUT2D eigenvalue weighted by molar-refractivity contribution is 5.79. The van der Waals surface area contributed by atoms with Crippen LogP contribution < -0.4 is 0 Å². The number of carbonyl (C=O) groups is 1. The van der Waals surface area contributed by atoms with Crippen LogP contribution in [-0.2, 0) is 4.79 Å². The molecule has 2 atom stereocenters. The summed E-state index contributed by atoms with van der Waals surface area (Å²) in [6, 6.07) is 0. The topological polar surface area (TPSA) is 37.3 Å². The average Bonchev–Trinajstić information content (AvgIpc) is 2.50. The van der Waals surface area contributed by atoms with E-state index in [-0.39, 0.29) is 12.8 Å². The molecule has 0 rings (SSSR count). The molecule has 0 heterocycles. The molecule has 0 aromatic heterocycles. The van der Waals surface area contributed by atoms with E-state index in [1.54, 1.807) is 0 Å². The lowest BCUT2D eigenvalue weighted by Crippen LogP contribution is -2.53. The van der Waals surface area contributed by atoms with Crippen LogP contribution in [0.2, 0.25) is 0 Å². The van der Waals surface area contributed by atoms with Crippen LogP contribution in [0, 0.1) is 5.92 Å². The molecule has 6 heteroatoms. The van der Waals surface area contributed by atoms with E-state index in [4.69, 9.17) is 5.11 Å². The molecule has 2 nitrogen and oxygen atoms in total. The Balaban J connectivity index is 4.69. The van der Waals surface area contributed by atoms with Gasteiger partial charge in [0.2, 0.25) is 0 Å². The normalized spacial score (nSPS) is 15.9. The van der Waals surface area contributed by atoms with E-state index in [0.717, 1.165) is 44.9 Å². The van der Waals surface area contributed by atoms with Crippen LogP contribution in [0.3, 0.4) is 0 Å². The van der Waals surface area contributed by atoms with Crippen molar-refractivity contribution < 1.29 is 27.5 Å². The fourth-order valence-electron chi connectivity index (χ4n) is 3.06. The molecule has 0 saturated heterocycles. The van der Waals surface area contributed by atoms with Gasteiger partial charge < -0.3 is 5.11 Å². The zero-order chi connectivity index (χ0) is 18.6. The van der Waals surface area contributed by atoms with E-state index >= 15 is 0 Å².